The number of carbonyl (C=O) groups excluding carboxylic acids is 1. The molecule has 0 unspecified atom stereocenters. The third-order valence-corrected chi connectivity index (χ3v) is 5.35. The third-order valence-electron chi connectivity index (χ3n) is 5.35. The zero-order valence-corrected chi connectivity index (χ0v) is 18.1. The van der Waals surface area contributed by atoms with Crippen LogP contribution in [0, 0.1) is 25.2 Å². The summed E-state index contributed by atoms with van der Waals surface area (Å²) in [6, 6.07) is 10.6. The van der Waals surface area contributed by atoms with Crippen molar-refractivity contribution in [2.24, 2.45) is 0 Å². The number of hydrogen-bond acceptors (Lipinski definition) is 5. The van der Waals surface area contributed by atoms with Gasteiger partial charge in [-0.15, -0.1) is 0 Å². The van der Waals surface area contributed by atoms with Crippen LogP contribution in [-0.4, -0.2) is 41.1 Å². The minimum Gasteiger partial charge on any atom is -0.378 e. The summed E-state index contributed by atoms with van der Waals surface area (Å²) in [5.41, 5.74) is 6.26. The molecule has 0 saturated carbocycles. The van der Waals surface area contributed by atoms with E-state index in [-0.39, 0.29) is 5.91 Å². The molecule has 30 heavy (non-hydrogen) atoms. The van der Waals surface area contributed by atoms with E-state index in [1.807, 2.05) is 27.9 Å². The first-order chi connectivity index (χ1) is 14.4. The zero-order valence-electron chi connectivity index (χ0n) is 18.1. The van der Waals surface area contributed by atoms with Crippen LogP contribution in [-0.2, 0) is 17.6 Å². The third kappa shape index (κ3) is 4.77. The number of nitrogens with one attached hydrogen (secondary N) is 1. The van der Waals surface area contributed by atoms with Gasteiger partial charge < -0.3 is 10.2 Å². The normalized spacial score (nSPS) is 10.8. The van der Waals surface area contributed by atoms with Gasteiger partial charge >= 0.3 is 0 Å². The Labute approximate surface area is 177 Å². The van der Waals surface area contributed by atoms with Gasteiger partial charge in [-0.05, 0) is 56.4 Å². The lowest BCUT2D eigenvalue weighted by Gasteiger charge is -2.13. The van der Waals surface area contributed by atoms with Crippen molar-refractivity contribution in [3.8, 4) is 6.07 Å². The van der Waals surface area contributed by atoms with Crippen molar-refractivity contribution < 1.29 is 4.79 Å². The fourth-order valence-electron chi connectivity index (χ4n) is 3.56. The zero-order chi connectivity index (χ0) is 21.7. The highest BCUT2D eigenvalue weighted by molar-refractivity contribution is 5.76. The number of aromatic nitrogens is 3. The molecule has 0 saturated heterocycles. The van der Waals surface area contributed by atoms with E-state index >= 15 is 0 Å². The molecule has 0 aliphatic rings. The van der Waals surface area contributed by atoms with Crippen LogP contribution < -0.4 is 10.2 Å². The van der Waals surface area contributed by atoms with E-state index in [0.29, 0.717) is 30.6 Å². The standard InChI is InChI=1S/C23H28N6O/c1-16-21(17(2)29-23(27-16)19(14-24)15-26-29)11-12-22(30)25-13-5-6-18-7-9-20(10-8-18)28(3)4/h7-10,15H,5-6,11-13H2,1-4H3,(H,25,30). The molecular weight excluding hydrogens is 376 g/mol. The Morgan fingerprint density at radius 1 is 1.20 bits per heavy atom. The molecule has 0 radical (unpaired) electrons. The highest BCUT2D eigenvalue weighted by Crippen LogP contribution is 2.18. The summed E-state index contributed by atoms with van der Waals surface area (Å²) >= 11 is 0. The molecular formula is C23H28N6O. The van der Waals surface area contributed by atoms with Crippen molar-refractivity contribution in [2.45, 2.75) is 39.5 Å². The van der Waals surface area contributed by atoms with Crippen LogP contribution in [0.2, 0.25) is 0 Å². The average Bonchev–Trinajstić information content (AvgIpc) is 3.14. The Morgan fingerprint density at radius 2 is 1.93 bits per heavy atom. The Bertz CT molecular complexity index is 1080. The molecule has 156 valence electrons. The fraction of sp³-hybridized carbons (Fsp3) is 0.391. The molecule has 2 aromatic heterocycles. The number of benzene rings is 1. The van der Waals surface area contributed by atoms with Gasteiger partial charge in [-0.25, -0.2) is 9.50 Å². The number of aryl methyl sites for hydroxylation is 3. The lowest BCUT2D eigenvalue weighted by Crippen LogP contribution is -2.25. The number of fused-ring (bicyclic) bond motifs is 1. The first-order valence-electron chi connectivity index (χ1n) is 10.2. The number of hydrogen-bond donors (Lipinski definition) is 1. The van der Waals surface area contributed by atoms with Crippen molar-refractivity contribution in [3.05, 3.63) is 58.5 Å². The summed E-state index contributed by atoms with van der Waals surface area (Å²) < 4.78 is 1.68. The second-order valence-corrected chi connectivity index (χ2v) is 7.68. The van der Waals surface area contributed by atoms with Crippen LogP contribution in [0.15, 0.2) is 30.5 Å². The van der Waals surface area contributed by atoms with Gasteiger partial charge in [0.2, 0.25) is 5.91 Å². The van der Waals surface area contributed by atoms with Gasteiger partial charge in [0.1, 0.15) is 11.6 Å². The van der Waals surface area contributed by atoms with E-state index in [4.69, 9.17) is 5.26 Å². The van der Waals surface area contributed by atoms with Gasteiger partial charge in [0.05, 0.1) is 6.20 Å². The van der Waals surface area contributed by atoms with Gasteiger partial charge in [0.25, 0.3) is 0 Å². The Hall–Kier alpha value is -3.40. The Balaban J connectivity index is 1.48. The van der Waals surface area contributed by atoms with Gasteiger partial charge in [0, 0.05) is 44.1 Å². The van der Waals surface area contributed by atoms with Crippen LogP contribution in [0.3, 0.4) is 0 Å². The van der Waals surface area contributed by atoms with E-state index in [1.54, 1.807) is 4.52 Å². The topological polar surface area (TPSA) is 86.3 Å². The number of amides is 1. The molecule has 7 nitrogen and oxygen atoms in total. The molecule has 1 amide bonds. The minimum atomic E-state index is 0.0371. The average molecular weight is 405 g/mol. The van der Waals surface area contributed by atoms with Crippen molar-refractivity contribution in [2.75, 3.05) is 25.5 Å². The first kappa shape index (κ1) is 21.3. The second kappa shape index (κ2) is 9.40. The smallest absolute Gasteiger partial charge is 0.220 e. The fourth-order valence-corrected chi connectivity index (χ4v) is 3.56. The summed E-state index contributed by atoms with van der Waals surface area (Å²) in [5, 5.41) is 16.4. The summed E-state index contributed by atoms with van der Waals surface area (Å²) in [6.07, 6.45) is 4.37. The molecule has 0 atom stereocenters. The molecule has 0 aliphatic heterocycles. The lowest BCUT2D eigenvalue weighted by molar-refractivity contribution is -0.121. The largest absolute Gasteiger partial charge is 0.378 e. The number of anilines is 1. The Kier molecular flexibility index (Phi) is 6.68. The molecule has 3 aromatic rings. The first-order valence-corrected chi connectivity index (χ1v) is 10.2. The summed E-state index contributed by atoms with van der Waals surface area (Å²) in [5.74, 6) is 0.0371. The van der Waals surface area contributed by atoms with Crippen molar-refractivity contribution in [3.63, 3.8) is 0 Å². The number of nitriles is 1. The molecule has 3 rings (SSSR count). The molecule has 1 aromatic carbocycles. The van der Waals surface area contributed by atoms with Gasteiger partial charge in [-0.1, -0.05) is 12.1 Å². The predicted molar refractivity (Wildman–Crippen MR) is 118 cm³/mol. The van der Waals surface area contributed by atoms with Gasteiger partial charge in [-0.2, -0.15) is 10.4 Å². The quantitative estimate of drug-likeness (QED) is 0.583. The maximum absolute atomic E-state index is 12.3. The van der Waals surface area contributed by atoms with Crippen molar-refractivity contribution >= 4 is 17.2 Å². The number of rotatable bonds is 8. The van der Waals surface area contributed by atoms with Crippen LogP contribution >= 0.6 is 0 Å². The monoisotopic (exact) mass is 404 g/mol. The molecule has 1 N–H and O–H groups in total. The van der Waals surface area contributed by atoms with Crippen LogP contribution in [0.25, 0.3) is 5.65 Å². The summed E-state index contributed by atoms with van der Waals surface area (Å²) in [7, 11) is 4.06. The highest BCUT2D eigenvalue weighted by atomic mass is 16.1. The van der Waals surface area contributed by atoms with Crippen LogP contribution in [0.1, 0.15) is 40.9 Å². The summed E-state index contributed by atoms with van der Waals surface area (Å²) in [6.45, 7) is 4.52. The van der Waals surface area contributed by atoms with Gasteiger partial charge in [-0.3, -0.25) is 4.79 Å². The number of carbonyl (C=O) groups is 1. The number of nitrogens with zero attached hydrogens (tertiary/aromatic N) is 5. The molecule has 0 spiro atoms. The molecule has 2 heterocycles. The molecule has 0 fully saturated rings. The molecule has 0 bridgehead atoms. The maximum atomic E-state index is 12.3. The predicted octanol–water partition coefficient (Wildman–Crippen LogP) is 2.97. The van der Waals surface area contributed by atoms with E-state index in [9.17, 15) is 4.79 Å². The second-order valence-electron chi connectivity index (χ2n) is 7.68. The van der Waals surface area contributed by atoms with E-state index in [2.05, 4.69) is 50.6 Å². The van der Waals surface area contributed by atoms with E-state index in [0.717, 1.165) is 29.8 Å². The van der Waals surface area contributed by atoms with Crippen molar-refractivity contribution in [1.82, 2.24) is 19.9 Å². The van der Waals surface area contributed by atoms with E-state index in [1.165, 1.54) is 17.4 Å². The Morgan fingerprint density at radius 3 is 2.60 bits per heavy atom. The molecule has 7 heteroatoms. The van der Waals surface area contributed by atoms with Crippen LogP contribution in [0.4, 0.5) is 5.69 Å². The summed E-state index contributed by atoms with van der Waals surface area (Å²) in [4.78, 5) is 18.9. The highest BCUT2D eigenvalue weighted by Gasteiger charge is 2.14. The SMILES string of the molecule is Cc1nc2c(C#N)cnn2c(C)c1CCC(=O)NCCCc1ccc(N(C)C)cc1. The maximum Gasteiger partial charge on any atom is 0.220 e. The lowest BCUT2D eigenvalue weighted by atomic mass is 10.1. The minimum absolute atomic E-state index is 0.0371. The van der Waals surface area contributed by atoms with Crippen LogP contribution in [0.5, 0.6) is 0 Å². The van der Waals surface area contributed by atoms with E-state index < -0.39 is 0 Å². The van der Waals surface area contributed by atoms with Crippen molar-refractivity contribution in [1.29, 1.82) is 5.26 Å². The van der Waals surface area contributed by atoms with Gasteiger partial charge in [0.15, 0.2) is 5.65 Å². The molecule has 0 aliphatic carbocycles.